The van der Waals surface area contributed by atoms with Gasteiger partial charge in [-0.15, -0.1) is 0 Å². The fourth-order valence-corrected chi connectivity index (χ4v) is 3.66. The van der Waals surface area contributed by atoms with Gasteiger partial charge in [0.25, 0.3) is 5.91 Å². The topological polar surface area (TPSA) is 59.0 Å². The van der Waals surface area contributed by atoms with Gasteiger partial charge in [-0.2, -0.15) is 0 Å². The monoisotopic (exact) mass is 336 g/mol. The summed E-state index contributed by atoms with van der Waals surface area (Å²) < 4.78 is 0. The Morgan fingerprint density at radius 1 is 1.20 bits per heavy atom. The second-order valence-electron chi connectivity index (χ2n) is 7.24. The number of carbonyl (C=O) groups is 1. The number of likely N-dealkylation sites (tertiary alicyclic amines) is 1. The second kappa shape index (κ2) is 6.90. The van der Waals surface area contributed by atoms with E-state index in [1.165, 1.54) is 18.4 Å². The standard InChI is InChI=1S/C20H24N4O/c1-14-11-15(8-9-21-14)4-7-18-3-2-10-24(18)20(25)17-12-22-19(23-13-17)16-5-6-16/h8-9,11-13,16,18H,2-7,10H2,1H3/t18-/m0/s1. The highest BCUT2D eigenvalue weighted by Gasteiger charge is 2.30. The maximum Gasteiger partial charge on any atom is 0.257 e. The number of carbonyl (C=O) groups excluding carboxylic acids is 1. The molecular weight excluding hydrogens is 312 g/mol. The van der Waals surface area contributed by atoms with Crippen molar-refractivity contribution >= 4 is 5.91 Å². The van der Waals surface area contributed by atoms with Crippen LogP contribution in [0.4, 0.5) is 0 Å². The predicted octanol–water partition coefficient (Wildman–Crippen LogP) is 3.29. The summed E-state index contributed by atoms with van der Waals surface area (Å²) in [4.78, 5) is 27.9. The summed E-state index contributed by atoms with van der Waals surface area (Å²) in [6, 6.07) is 4.51. The van der Waals surface area contributed by atoms with E-state index in [9.17, 15) is 4.79 Å². The van der Waals surface area contributed by atoms with E-state index in [1.54, 1.807) is 12.4 Å². The van der Waals surface area contributed by atoms with Gasteiger partial charge in [-0.3, -0.25) is 9.78 Å². The Balaban J connectivity index is 1.40. The van der Waals surface area contributed by atoms with Crippen molar-refractivity contribution in [3.8, 4) is 0 Å². The van der Waals surface area contributed by atoms with Crippen LogP contribution < -0.4 is 0 Å². The smallest absolute Gasteiger partial charge is 0.257 e. The number of nitrogens with zero attached hydrogens (tertiary/aromatic N) is 4. The molecule has 2 fully saturated rings. The third-order valence-electron chi connectivity index (χ3n) is 5.23. The Morgan fingerprint density at radius 3 is 2.72 bits per heavy atom. The fourth-order valence-electron chi connectivity index (χ4n) is 3.66. The van der Waals surface area contributed by atoms with Gasteiger partial charge in [-0.25, -0.2) is 9.97 Å². The van der Waals surface area contributed by atoms with E-state index in [0.29, 0.717) is 17.5 Å². The Bertz CT molecular complexity index is 755. The molecule has 1 amide bonds. The first kappa shape index (κ1) is 16.2. The third-order valence-corrected chi connectivity index (χ3v) is 5.23. The van der Waals surface area contributed by atoms with Crippen LogP contribution in [0.1, 0.15) is 65.5 Å². The molecule has 5 nitrogen and oxygen atoms in total. The first-order chi connectivity index (χ1) is 12.2. The molecule has 130 valence electrons. The zero-order chi connectivity index (χ0) is 17.2. The molecule has 1 atom stereocenters. The molecular formula is C20H24N4O. The number of rotatable bonds is 5. The summed E-state index contributed by atoms with van der Waals surface area (Å²) in [5.74, 6) is 1.49. The highest BCUT2D eigenvalue weighted by atomic mass is 16.2. The number of pyridine rings is 1. The van der Waals surface area contributed by atoms with Gasteiger partial charge in [-0.05, 0) is 63.1 Å². The normalized spacial score (nSPS) is 20.0. The van der Waals surface area contributed by atoms with E-state index in [1.807, 2.05) is 18.0 Å². The average molecular weight is 336 g/mol. The second-order valence-corrected chi connectivity index (χ2v) is 7.24. The number of amides is 1. The van der Waals surface area contributed by atoms with Crippen LogP contribution in [0.3, 0.4) is 0 Å². The zero-order valence-electron chi connectivity index (χ0n) is 14.7. The van der Waals surface area contributed by atoms with Crippen molar-refractivity contribution in [1.82, 2.24) is 19.9 Å². The van der Waals surface area contributed by atoms with Crippen molar-refractivity contribution in [3.05, 3.63) is 53.4 Å². The minimum absolute atomic E-state index is 0.0794. The van der Waals surface area contributed by atoms with E-state index in [-0.39, 0.29) is 5.91 Å². The third kappa shape index (κ3) is 3.70. The van der Waals surface area contributed by atoms with Crippen LogP contribution in [0.5, 0.6) is 0 Å². The number of aromatic nitrogens is 3. The number of aryl methyl sites for hydroxylation is 2. The molecule has 4 rings (SSSR count). The molecule has 25 heavy (non-hydrogen) atoms. The number of hydrogen-bond acceptors (Lipinski definition) is 4. The van der Waals surface area contributed by atoms with Crippen LogP contribution >= 0.6 is 0 Å². The van der Waals surface area contributed by atoms with Gasteiger partial charge in [0, 0.05) is 42.8 Å². The lowest BCUT2D eigenvalue weighted by Crippen LogP contribution is -2.36. The molecule has 1 saturated carbocycles. The van der Waals surface area contributed by atoms with E-state index < -0.39 is 0 Å². The van der Waals surface area contributed by atoms with Gasteiger partial charge in [0.05, 0.1) is 5.56 Å². The molecule has 3 heterocycles. The molecule has 2 aromatic heterocycles. The Morgan fingerprint density at radius 2 is 2.00 bits per heavy atom. The van der Waals surface area contributed by atoms with Crippen molar-refractivity contribution in [2.75, 3.05) is 6.54 Å². The first-order valence-corrected chi connectivity index (χ1v) is 9.25. The van der Waals surface area contributed by atoms with Crippen LogP contribution in [-0.2, 0) is 6.42 Å². The van der Waals surface area contributed by atoms with Gasteiger partial charge in [0.15, 0.2) is 0 Å². The molecule has 1 saturated heterocycles. The summed E-state index contributed by atoms with van der Waals surface area (Å²) in [5, 5.41) is 0. The molecule has 0 radical (unpaired) electrons. The first-order valence-electron chi connectivity index (χ1n) is 9.25. The van der Waals surface area contributed by atoms with Crippen molar-refractivity contribution in [1.29, 1.82) is 0 Å². The fraction of sp³-hybridized carbons (Fsp3) is 0.500. The zero-order valence-corrected chi connectivity index (χ0v) is 14.7. The minimum Gasteiger partial charge on any atom is -0.336 e. The average Bonchev–Trinajstić information content (AvgIpc) is 3.38. The summed E-state index contributed by atoms with van der Waals surface area (Å²) >= 11 is 0. The van der Waals surface area contributed by atoms with Crippen molar-refractivity contribution in [2.45, 2.75) is 57.4 Å². The van der Waals surface area contributed by atoms with Crippen LogP contribution in [0.2, 0.25) is 0 Å². The van der Waals surface area contributed by atoms with Gasteiger partial charge in [0.2, 0.25) is 0 Å². The molecule has 0 bridgehead atoms. The summed E-state index contributed by atoms with van der Waals surface area (Å²) in [5.41, 5.74) is 2.96. The van der Waals surface area contributed by atoms with Crippen LogP contribution in [0.15, 0.2) is 30.7 Å². The highest BCUT2D eigenvalue weighted by molar-refractivity contribution is 5.94. The maximum atomic E-state index is 12.9. The Hall–Kier alpha value is -2.30. The molecule has 0 spiro atoms. The lowest BCUT2D eigenvalue weighted by Gasteiger charge is -2.24. The SMILES string of the molecule is Cc1cc(CC[C@@H]2CCCN2C(=O)c2cnc(C3CC3)nc2)ccn1. The van der Waals surface area contributed by atoms with Crippen molar-refractivity contribution in [3.63, 3.8) is 0 Å². The van der Waals surface area contributed by atoms with Crippen LogP contribution in [0.25, 0.3) is 0 Å². The van der Waals surface area contributed by atoms with Crippen LogP contribution in [0, 0.1) is 6.92 Å². The van der Waals surface area contributed by atoms with Crippen molar-refractivity contribution < 1.29 is 4.79 Å². The molecule has 1 aliphatic heterocycles. The van der Waals surface area contributed by atoms with Gasteiger partial charge in [-0.1, -0.05) is 0 Å². The molecule has 5 heteroatoms. The van der Waals surface area contributed by atoms with Crippen molar-refractivity contribution in [2.24, 2.45) is 0 Å². The van der Waals surface area contributed by atoms with E-state index >= 15 is 0 Å². The molecule has 0 aromatic carbocycles. The van der Waals surface area contributed by atoms with Gasteiger partial charge >= 0.3 is 0 Å². The van der Waals surface area contributed by atoms with Crippen LogP contribution in [-0.4, -0.2) is 38.3 Å². The maximum absolute atomic E-state index is 12.9. The largest absolute Gasteiger partial charge is 0.336 e. The summed E-state index contributed by atoms with van der Waals surface area (Å²) in [6.07, 6.45) is 11.8. The number of hydrogen-bond donors (Lipinski definition) is 0. The quantitative estimate of drug-likeness (QED) is 0.840. The van der Waals surface area contributed by atoms with Gasteiger partial charge < -0.3 is 4.90 Å². The molecule has 1 aliphatic carbocycles. The Kier molecular flexibility index (Phi) is 4.47. The predicted molar refractivity (Wildman–Crippen MR) is 95.4 cm³/mol. The molecule has 2 aromatic rings. The molecule has 0 N–H and O–H groups in total. The highest BCUT2D eigenvalue weighted by Crippen LogP contribution is 2.37. The van der Waals surface area contributed by atoms with E-state index in [2.05, 4.69) is 27.1 Å². The van der Waals surface area contributed by atoms with E-state index in [4.69, 9.17) is 0 Å². The van der Waals surface area contributed by atoms with E-state index in [0.717, 1.165) is 43.7 Å². The Labute approximate surface area is 148 Å². The molecule has 2 aliphatic rings. The summed E-state index contributed by atoms with van der Waals surface area (Å²) in [6.45, 7) is 2.85. The van der Waals surface area contributed by atoms with Gasteiger partial charge in [0.1, 0.15) is 5.82 Å². The lowest BCUT2D eigenvalue weighted by atomic mass is 10.0. The molecule has 0 unspecified atom stereocenters. The summed E-state index contributed by atoms with van der Waals surface area (Å²) in [7, 11) is 0. The minimum atomic E-state index is 0.0794. The lowest BCUT2D eigenvalue weighted by molar-refractivity contribution is 0.0729.